The van der Waals surface area contributed by atoms with Crippen molar-refractivity contribution in [1.29, 1.82) is 0 Å². The Bertz CT molecular complexity index is 1290. The van der Waals surface area contributed by atoms with Crippen molar-refractivity contribution >= 4 is 38.4 Å². The third kappa shape index (κ3) is 4.30. The van der Waals surface area contributed by atoms with Crippen LogP contribution in [0.2, 0.25) is 5.02 Å². The van der Waals surface area contributed by atoms with Gasteiger partial charge in [0.25, 0.3) is 5.91 Å². The van der Waals surface area contributed by atoms with Gasteiger partial charge in [-0.15, -0.1) is 0 Å². The fraction of sp³-hybridized carbons (Fsp3) is 0.238. The Morgan fingerprint density at radius 2 is 1.72 bits per heavy atom. The highest BCUT2D eigenvalue weighted by atomic mass is 35.5. The molecule has 0 radical (unpaired) electrons. The van der Waals surface area contributed by atoms with Crippen LogP contribution in [0.3, 0.4) is 0 Å². The number of fused-ring (bicyclic) bond motifs is 1. The van der Waals surface area contributed by atoms with Gasteiger partial charge >= 0.3 is 6.18 Å². The first kappa shape index (κ1) is 22.5. The van der Waals surface area contributed by atoms with Crippen LogP contribution in [0.15, 0.2) is 59.6 Å². The van der Waals surface area contributed by atoms with Crippen LogP contribution in [0.5, 0.6) is 0 Å². The number of carbonyl (C=O) groups excluding carboxylic acids is 1. The molecule has 2 aromatic carbocycles. The molecule has 1 fully saturated rings. The van der Waals surface area contributed by atoms with Gasteiger partial charge in [-0.1, -0.05) is 17.7 Å². The maximum atomic E-state index is 13.1. The van der Waals surface area contributed by atoms with Gasteiger partial charge in [-0.3, -0.25) is 9.78 Å². The summed E-state index contributed by atoms with van der Waals surface area (Å²) in [7, 11) is -4.18. The minimum Gasteiger partial charge on any atom is -0.336 e. The number of alkyl halides is 3. The Morgan fingerprint density at radius 3 is 2.41 bits per heavy atom. The van der Waals surface area contributed by atoms with Crippen molar-refractivity contribution < 1.29 is 26.4 Å². The zero-order valence-electron chi connectivity index (χ0n) is 16.5. The number of sulfonamides is 1. The maximum absolute atomic E-state index is 13.1. The van der Waals surface area contributed by atoms with Crippen LogP contribution in [0.25, 0.3) is 10.9 Å². The first-order valence-corrected chi connectivity index (χ1v) is 11.4. The van der Waals surface area contributed by atoms with E-state index in [1.807, 2.05) is 6.07 Å². The quantitative estimate of drug-likeness (QED) is 0.563. The lowest BCUT2D eigenvalue weighted by molar-refractivity contribution is -0.137. The topological polar surface area (TPSA) is 70.6 Å². The molecule has 2 heterocycles. The van der Waals surface area contributed by atoms with Crippen molar-refractivity contribution in [1.82, 2.24) is 14.2 Å². The first-order chi connectivity index (χ1) is 15.1. The molecule has 32 heavy (non-hydrogen) atoms. The van der Waals surface area contributed by atoms with E-state index in [2.05, 4.69) is 4.98 Å². The number of hydrogen-bond acceptors (Lipinski definition) is 4. The third-order valence-electron chi connectivity index (χ3n) is 5.26. The SMILES string of the molecule is O=C(c1ccc2ncccc2c1)N1CCN(S(=O)(=O)c2ccc(Cl)c(C(F)(F)F)c2)CC1. The molecule has 0 spiro atoms. The number of hydrogen-bond donors (Lipinski definition) is 0. The van der Waals surface area contributed by atoms with Crippen LogP contribution >= 0.6 is 11.6 Å². The van der Waals surface area contributed by atoms with E-state index in [1.54, 1.807) is 30.5 Å². The van der Waals surface area contributed by atoms with Crippen molar-refractivity contribution in [3.8, 4) is 0 Å². The van der Waals surface area contributed by atoms with Gasteiger partial charge in [-0.2, -0.15) is 17.5 Å². The molecule has 0 N–H and O–H groups in total. The average Bonchev–Trinajstić information content (AvgIpc) is 2.77. The summed E-state index contributed by atoms with van der Waals surface area (Å²) in [5, 5.41) is 0.236. The predicted molar refractivity (Wildman–Crippen MR) is 113 cm³/mol. The fourth-order valence-electron chi connectivity index (χ4n) is 3.55. The van der Waals surface area contributed by atoms with E-state index < -0.39 is 31.7 Å². The fourth-order valence-corrected chi connectivity index (χ4v) is 5.23. The third-order valence-corrected chi connectivity index (χ3v) is 7.48. The second-order valence-corrected chi connectivity index (χ2v) is 9.59. The van der Waals surface area contributed by atoms with Gasteiger partial charge in [0.2, 0.25) is 10.0 Å². The summed E-state index contributed by atoms with van der Waals surface area (Å²) >= 11 is 5.59. The van der Waals surface area contributed by atoms with E-state index in [0.717, 1.165) is 27.3 Å². The molecule has 4 rings (SSSR count). The molecule has 0 atom stereocenters. The molecule has 11 heteroatoms. The van der Waals surface area contributed by atoms with E-state index >= 15 is 0 Å². The van der Waals surface area contributed by atoms with Crippen molar-refractivity contribution in [2.75, 3.05) is 26.2 Å². The number of carbonyl (C=O) groups is 1. The van der Waals surface area contributed by atoms with Gasteiger partial charge in [0.1, 0.15) is 0 Å². The summed E-state index contributed by atoms with van der Waals surface area (Å²) in [6, 6.07) is 11.2. The normalized spacial score (nSPS) is 15.8. The molecule has 1 aliphatic heterocycles. The molecule has 0 unspecified atom stereocenters. The average molecular weight is 484 g/mol. The van der Waals surface area contributed by atoms with Gasteiger partial charge in [0.15, 0.2) is 0 Å². The number of piperazine rings is 1. The van der Waals surface area contributed by atoms with Crippen molar-refractivity contribution in [3.05, 3.63) is 70.9 Å². The zero-order chi connectivity index (χ0) is 23.1. The highest BCUT2D eigenvalue weighted by Gasteiger charge is 2.36. The smallest absolute Gasteiger partial charge is 0.336 e. The van der Waals surface area contributed by atoms with Crippen molar-refractivity contribution in [2.45, 2.75) is 11.1 Å². The minimum atomic E-state index is -4.77. The Balaban J connectivity index is 1.49. The van der Waals surface area contributed by atoms with Gasteiger partial charge in [-0.25, -0.2) is 8.42 Å². The summed E-state index contributed by atoms with van der Waals surface area (Å²) in [4.78, 5) is 18.1. The minimum absolute atomic E-state index is 0.0345. The van der Waals surface area contributed by atoms with Crippen molar-refractivity contribution in [3.63, 3.8) is 0 Å². The van der Waals surface area contributed by atoms with Crippen LogP contribution in [-0.2, 0) is 16.2 Å². The van der Waals surface area contributed by atoms with Gasteiger partial charge in [-0.05, 0) is 42.5 Å². The second-order valence-electron chi connectivity index (χ2n) is 7.25. The van der Waals surface area contributed by atoms with Crippen LogP contribution in [-0.4, -0.2) is 54.7 Å². The number of pyridine rings is 1. The summed E-state index contributed by atoms with van der Waals surface area (Å²) in [5.74, 6) is -0.251. The molecule has 1 saturated heterocycles. The molecule has 1 aromatic heterocycles. The van der Waals surface area contributed by atoms with Gasteiger partial charge < -0.3 is 4.90 Å². The summed E-state index contributed by atoms with van der Waals surface area (Å²) in [5.41, 5.74) is -0.00432. The number of nitrogens with zero attached hydrogens (tertiary/aromatic N) is 3. The molecule has 1 amide bonds. The molecular formula is C21H17ClF3N3O3S. The Kier molecular flexibility index (Phi) is 5.87. The Hall–Kier alpha value is -2.69. The number of halogens is 4. The van der Waals surface area contributed by atoms with E-state index in [9.17, 15) is 26.4 Å². The van der Waals surface area contributed by atoms with Gasteiger partial charge in [0, 0.05) is 43.3 Å². The standard InChI is InChI=1S/C21H17ClF3N3O3S/c22-18-5-4-16(13-17(18)21(23,24)25)32(30,31)28-10-8-27(9-11-28)20(29)15-3-6-19-14(12-15)2-1-7-26-19/h1-7,12-13H,8-11H2. The molecule has 6 nitrogen and oxygen atoms in total. The van der Waals surface area contributed by atoms with Crippen LogP contribution < -0.4 is 0 Å². The largest absolute Gasteiger partial charge is 0.417 e. The Morgan fingerprint density at radius 1 is 1.00 bits per heavy atom. The lowest BCUT2D eigenvalue weighted by atomic mass is 10.1. The molecular weight excluding hydrogens is 467 g/mol. The molecule has 3 aromatic rings. The molecule has 168 valence electrons. The van der Waals surface area contributed by atoms with Gasteiger partial charge in [0.05, 0.1) is 21.0 Å². The summed E-state index contributed by atoms with van der Waals surface area (Å²) < 4.78 is 66.2. The van der Waals surface area contributed by atoms with Crippen LogP contribution in [0.4, 0.5) is 13.2 Å². The number of amides is 1. The second kappa shape index (κ2) is 8.34. The first-order valence-electron chi connectivity index (χ1n) is 9.58. The Labute approximate surface area is 187 Å². The van der Waals surface area contributed by atoms with Crippen LogP contribution in [0.1, 0.15) is 15.9 Å². The maximum Gasteiger partial charge on any atom is 0.417 e. The molecule has 0 saturated carbocycles. The lowest BCUT2D eigenvalue weighted by Crippen LogP contribution is -2.50. The number of benzene rings is 2. The lowest BCUT2D eigenvalue weighted by Gasteiger charge is -2.34. The molecule has 0 bridgehead atoms. The number of aromatic nitrogens is 1. The van der Waals surface area contributed by atoms with E-state index in [1.165, 1.54) is 4.90 Å². The van der Waals surface area contributed by atoms with E-state index in [4.69, 9.17) is 11.6 Å². The number of rotatable bonds is 3. The van der Waals surface area contributed by atoms with E-state index in [-0.39, 0.29) is 32.1 Å². The molecule has 0 aliphatic carbocycles. The monoisotopic (exact) mass is 483 g/mol. The summed E-state index contributed by atoms with van der Waals surface area (Å²) in [6.45, 7) is 0.159. The highest BCUT2D eigenvalue weighted by molar-refractivity contribution is 7.89. The van der Waals surface area contributed by atoms with Crippen molar-refractivity contribution in [2.24, 2.45) is 0 Å². The zero-order valence-corrected chi connectivity index (χ0v) is 18.1. The molecule has 1 aliphatic rings. The summed E-state index contributed by atoms with van der Waals surface area (Å²) in [6.07, 6.45) is -3.12. The van der Waals surface area contributed by atoms with E-state index in [0.29, 0.717) is 11.6 Å². The van der Waals surface area contributed by atoms with Crippen LogP contribution in [0, 0.1) is 0 Å². The highest BCUT2D eigenvalue weighted by Crippen LogP contribution is 2.36. The predicted octanol–water partition coefficient (Wildman–Crippen LogP) is 4.05.